The van der Waals surface area contributed by atoms with Gasteiger partial charge in [-0.3, -0.25) is 4.79 Å². The molecular weight excluding hydrogens is 364 g/mol. The molecule has 2 unspecified atom stereocenters. The van der Waals surface area contributed by atoms with Gasteiger partial charge in [-0.2, -0.15) is 10.5 Å². The number of fused-ring (bicyclic) bond motifs is 5. The van der Waals surface area contributed by atoms with Gasteiger partial charge in [-0.15, -0.1) is 0 Å². The van der Waals surface area contributed by atoms with Gasteiger partial charge < -0.3 is 5.32 Å². The minimum Gasteiger partial charge on any atom is -0.310 e. The zero-order valence-electron chi connectivity index (χ0n) is 14.7. The largest absolute Gasteiger partial charge is 0.310 e. The number of nitriles is 2. The molecule has 0 saturated heterocycles. The Morgan fingerprint density at radius 3 is 2.59 bits per heavy atom. The lowest BCUT2D eigenvalue weighted by atomic mass is 9.67. The second kappa shape index (κ2) is 5.73. The summed E-state index contributed by atoms with van der Waals surface area (Å²) in [6.45, 7) is 4.03. The van der Waals surface area contributed by atoms with Crippen molar-refractivity contribution in [1.29, 1.82) is 10.5 Å². The number of nitrogens with one attached hydrogen (secondary N) is 1. The van der Waals surface area contributed by atoms with E-state index in [0.29, 0.717) is 28.6 Å². The molecule has 4 rings (SSSR count). The van der Waals surface area contributed by atoms with E-state index in [-0.39, 0.29) is 23.2 Å². The Morgan fingerprint density at radius 1 is 1.26 bits per heavy atom. The monoisotopic (exact) mass is 378 g/mol. The van der Waals surface area contributed by atoms with Crippen molar-refractivity contribution < 1.29 is 4.79 Å². The minimum atomic E-state index is -0.930. The molecule has 1 saturated carbocycles. The average Bonchev–Trinajstić information content (AvgIpc) is 3.04. The summed E-state index contributed by atoms with van der Waals surface area (Å²) >= 11 is 5.86. The molecule has 0 radical (unpaired) electrons. The van der Waals surface area contributed by atoms with Crippen LogP contribution in [-0.2, 0) is 10.2 Å². The number of hydrogen-bond acceptors (Lipinski definition) is 6. The zero-order chi connectivity index (χ0) is 19.4. The topological polar surface area (TPSA) is 115 Å². The molecule has 0 aromatic carbocycles. The molecule has 2 atom stereocenters. The third-order valence-electron chi connectivity index (χ3n) is 6.00. The summed E-state index contributed by atoms with van der Waals surface area (Å²) in [5.74, 6) is 0.170. The summed E-state index contributed by atoms with van der Waals surface area (Å²) < 4.78 is 0. The molecule has 2 heterocycles. The van der Waals surface area contributed by atoms with E-state index in [2.05, 4.69) is 20.3 Å². The maximum atomic E-state index is 13.4. The van der Waals surface area contributed by atoms with E-state index in [1.54, 1.807) is 12.1 Å². The number of amides is 1. The predicted octanol–water partition coefficient (Wildman–Crippen LogP) is 3.06. The van der Waals surface area contributed by atoms with E-state index in [4.69, 9.17) is 11.6 Å². The van der Waals surface area contributed by atoms with Gasteiger partial charge in [-0.1, -0.05) is 25.4 Å². The number of nitrogens with zero attached hydrogens (tertiary/aromatic N) is 5. The Labute approximate surface area is 161 Å². The molecular formula is C19H15ClN6O. The third-order valence-corrected chi connectivity index (χ3v) is 6.23. The molecule has 2 aliphatic carbocycles. The predicted molar refractivity (Wildman–Crippen MR) is 96.8 cm³/mol. The first-order chi connectivity index (χ1) is 12.8. The van der Waals surface area contributed by atoms with Gasteiger partial charge in [0.05, 0.1) is 21.8 Å². The summed E-state index contributed by atoms with van der Waals surface area (Å²) in [6.07, 6.45) is 2.84. The molecule has 2 aromatic heterocycles. The minimum absolute atomic E-state index is 0.00349. The van der Waals surface area contributed by atoms with Crippen molar-refractivity contribution in [3.63, 3.8) is 0 Å². The lowest BCUT2D eigenvalue weighted by Crippen LogP contribution is -2.47. The molecule has 1 N–H and O–H groups in total. The highest BCUT2D eigenvalue weighted by molar-refractivity contribution is 6.30. The SMILES string of the molecule is CC1(C)C2CCC1(C(=O)Nc1ccc(Cl)cn1)c1nc(C#N)c(C#N)nc12. The van der Waals surface area contributed by atoms with Crippen molar-refractivity contribution in [3.8, 4) is 12.1 Å². The van der Waals surface area contributed by atoms with Crippen LogP contribution in [0.3, 0.4) is 0 Å². The van der Waals surface area contributed by atoms with Crippen LogP contribution in [0.15, 0.2) is 18.3 Å². The van der Waals surface area contributed by atoms with Crippen molar-refractivity contribution in [2.75, 3.05) is 5.32 Å². The number of rotatable bonds is 2. The zero-order valence-corrected chi connectivity index (χ0v) is 15.5. The van der Waals surface area contributed by atoms with Crippen molar-refractivity contribution >= 4 is 23.3 Å². The van der Waals surface area contributed by atoms with Gasteiger partial charge >= 0.3 is 0 Å². The van der Waals surface area contributed by atoms with Gasteiger partial charge in [-0.05, 0) is 30.4 Å². The first-order valence-electron chi connectivity index (χ1n) is 8.51. The molecule has 7 nitrogen and oxygen atoms in total. The summed E-state index contributed by atoms with van der Waals surface area (Å²) in [7, 11) is 0. The summed E-state index contributed by atoms with van der Waals surface area (Å²) in [6, 6.07) is 7.14. The van der Waals surface area contributed by atoms with Crippen LogP contribution in [0.25, 0.3) is 0 Å². The Hall–Kier alpha value is -3.03. The molecule has 8 heteroatoms. The van der Waals surface area contributed by atoms with E-state index in [1.807, 2.05) is 26.0 Å². The van der Waals surface area contributed by atoms with Gasteiger partial charge in [0.15, 0.2) is 11.4 Å². The number of carbonyl (C=O) groups is 1. The molecule has 2 aliphatic rings. The normalized spacial score (nSPS) is 24.0. The third kappa shape index (κ3) is 2.19. The van der Waals surface area contributed by atoms with E-state index in [1.165, 1.54) is 6.20 Å². The lowest BCUT2D eigenvalue weighted by Gasteiger charge is -2.36. The number of anilines is 1. The quantitative estimate of drug-likeness (QED) is 0.858. The second-order valence-corrected chi connectivity index (χ2v) is 7.85. The van der Waals surface area contributed by atoms with Gasteiger partial charge in [-0.25, -0.2) is 15.0 Å². The fourth-order valence-corrected chi connectivity index (χ4v) is 4.70. The highest BCUT2D eigenvalue weighted by Crippen LogP contribution is 2.67. The average molecular weight is 379 g/mol. The van der Waals surface area contributed by atoms with Crippen molar-refractivity contribution in [3.05, 3.63) is 46.1 Å². The Morgan fingerprint density at radius 2 is 1.96 bits per heavy atom. The fraction of sp³-hybridized carbons (Fsp3) is 0.368. The molecule has 2 bridgehead atoms. The first kappa shape index (κ1) is 17.4. The van der Waals surface area contributed by atoms with Crippen LogP contribution in [0.1, 0.15) is 55.4 Å². The van der Waals surface area contributed by atoms with E-state index in [0.717, 1.165) is 6.42 Å². The number of aromatic nitrogens is 3. The molecule has 0 spiro atoms. The number of carbonyl (C=O) groups excluding carboxylic acids is 1. The lowest BCUT2D eigenvalue weighted by molar-refractivity contribution is -0.124. The highest BCUT2D eigenvalue weighted by atomic mass is 35.5. The first-order valence-corrected chi connectivity index (χ1v) is 8.88. The van der Waals surface area contributed by atoms with E-state index >= 15 is 0 Å². The van der Waals surface area contributed by atoms with Crippen LogP contribution in [-0.4, -0.2) is 20.9 Å². The van der Waals surface area contributed by atoms with Crippen molar-refractivity contribution in [2.45, 2.75) is 38.0 Å². The fourth-order valence-electron chi connectivity index (χ4n) is 4.59. The molecule has 2 aromatic rings. The summed E-state index contributed by atoms with van der Waals surface area (Å²) in [5.41, 5.74) is -0.259. The summed E-state index contributed by atoms with van der Waals surface area (Å²) in [4.78, 5) is 26.4. The van der Waals surface area contributed by atoms with Gasteiger partial charge in [0, 0.05) is 12.1 Å². The van der Waals surface area contributed by atoms with Crippen molar-refractivity contribution in [2.24, 2.45) is 5.41 Å². The maximum Gasteiger partial charge on any atom is 0.238 e. The highest BCUT2D eigenvalue weighted by Gasteiger charge is 2.68. The number of pyridine rings is 1. The Kier molecular flexibility index (Phi) is 3.69. The van der Waals surface area contributed by atoms with Gasteiger partial charge in [0.2, 0.25) is 5.91 Å². The van der Waals surface area contributed by atoms with E-state index < -0.39 is 10.8 Å². The van der Waals surface area contributed by atoms with Crippen LogP contribution < -0.4 is 5.32 Å². The smallest absolute Gasteiger partial charge is 0.238 e. The standard InChI is InChI=1S/C19H15ClN6O/c1-18(2)11-5-6-19(18,17(27)26-14-4-3-10(20)9-23-14)16-15(11)24-12(7-21)13(8-22)25-16/h3-4,9,11H,5-6H2,1-2H3,(H,23,26,27). The Bertz CT molecular complexity index is 1050. The molecule has 27 heavy (non-hydrogen) atoms. The molecule has 0 aliphatic heterocycles. The molecule has 1 amide bonds. The van der Waals surface area contributed by atoms with Crippen LogP contribution in [0.2, 0.25) is 5.02 Å². The Balaban J connectivity index is 1.84. The van der Waals surface area contributed by atoms with E-state index in [9.17, 15) is 15.3 Å². The number of halogens is 1. The molecule has 134 valence electrons. The maximum absolute atomic E-state index is 13.4. The van der Waals surface area contributed by atoms with Crippen LogP contribution in [0.4, 0.5) is 5.82 Å². The van der Waals surface area contributed by atoms with Gasteiger partial charge in [0.1, 0.15) is 18.0 Å². The summed E-state index contributed by atoms with van der Waals surface area (Å²) in [5, 5.41) is 22.0. The number of hydrogen-bond donors (Lipinski definition) is 1. The van der Waals surface area contributed by atoms with Crippen LogP contribution in [0, 0.1) is 28.1 Å². The second-order valence-electron chi connectivity index (χ2n) is 7.41. The van der Waals surface area contributed by atoms with Crippen LogP contribution >= 0.6 is 11.6 Å². The van der Waals surface area contributed by atoms with Gasteiger partial charge in [0.25, 0.3) is 0 Å². The molecule has 1 fully saturated rings. The van der Waals surface area contributed by atoms with Crippen molar-refractivity contribution in [1.82, 2.24) is 15.0 Å². The van der Waals surface area contributed by atoms with Crippen LogP contribution in [0.5, 0.6) is 0 Å².